The molecule has 1 heterocycles. The number of hydrogen-bond donors (Lipinski definition) is 0. The summed E-state index contributed by atoms with van der Waals surface area (Å²) in [5.41, 5.74) is 0. The normalized spacial score (nSPS) is 11.6. The highest BCUT2D eigenvalue weighted by atomic mass is 15.1. The van der Waals surface area contributed by atoms with Crippen LogP contribution in [-0.4, -0.2) is 4.57 Å². The summed E-state index contributed by atoms with van der Waals surface area (Å²) < 4.78 is 5.27. The average Bonchev–Trinajstić information content (AvgIpc) is 3.42. The van der Waals surface area contributed by atoms with Gasteiger partial charge in [0.05, 0.1) is 13.1 Å². The molecular weight excluding hydrogens is 532 g/mol. The minimum Gasteiger partial charge on any atom is -0.234 e. The topological polar surface area (TPSA) is 8.81 Å². The van der Waals surface area contributed by atoms with Gasteiger partial charge >= 0.3 is 0 Å². The summed E-state index contributed by atoms with van der Waals surface area (Å²) in [6.45, 7) is 9.40. The second kappa shape index (κ2) is 33.6. The molecule has 0 bridgehead atoms. The standard InChI is InChI=1S/C42H83N2/c1-4-7-10-13-16-18-20-22-23-25-27-29-31-34-37-42-43(38-35-32-15-12-9-6-3)40-41-44(42)39-36-33-30-28-26-24-21-19-17-14-11-8-5-2/h40-41H,4-39H2,1-3H3/q+1. The maximum atomic E-state index is 2.64. The van der Waals surface area contributed by atoms with Gasteiger partial charge in [-0.25, -0.2) is 9.13 Å². The minimum absolute atomic E-state index is 1.23. The zero-order valence-corrected chi connectivity index (χ0v) is 31.0. The molecule has 0 saturated heterocycles. The van der Waals surface area contributed by atoms with Crippen LogP contribution in [0, 0.1) is 0 Å². The Balaban J connectivity index is 2.23. The Kier molecular flexibility index (Phi) is 31.5. The molecule has 260 valence electrons. The molecule has 2 nitrogen and oxygen atoms in total. The Morgan fingerprint density at radius 3 is 1.09 bits per heavy atom. The third kappa shape index (κ3) is 25.4. The van der Waals surface area contributed by atoms with E-state index in [1.165, 1.54) is 231 Å². The molecule has 0 radical (unpaired) electrons. The lowest BCUT2D eigenvalue weighted by atomic mass is 10.0. The lowest BCUT2D eigenvalue weighted by Crippen LogP contribution is -2.37. The first-order valence-electron chi connectivity index (χ1n) is 20.9. The van der Waals surface area contributed by atoms with Crippen LogP contribution in [0.3, 0.4) is 0 Å². The Labute approximate surface area is 279 Å². The number of aromatic nitrogens is 2. The van der Waals surface area contributed by atoms with E-state index in [0.29, 0.717) is 0 Å². The fourth-order valence-corrected chi connectivity index (χ4v) is 7.03. The molecule has 0 spiro atoms. The van der Waals surface area contributed by atoms with Crippen molar-refractivity contribution < 1.29 is 4.57 Å². The second-order valence-corrected chi connectivity index (χ2v) is 14.5. The predicted octanol–water partition coefficient (Wildman–Crippen LogP) is 14.3. The molecule has 1 aromatic heterocycles. The summed E-state index contributed by atoms with van der Waals surface area (Å²) in [5.74, 6) is 1.62. The van der Waals surface area contributed by atoms with Gasteiger partial charge in [-0.05, 0) is 32.1 Å². The Morgan fingerprint density at radius 1 is 0.386 bits per heavy atom. The maximum Gasteiger partial charge on any atom is 0.256 e. The summed E-state index contributed by atoms with van der Waals surface area (Å²) in [6.07, 6.45) is 53.4. The summed E-state index contributed by atoms with van der Waals surface area (Å²) in [6, 6.07) is 0. The van der Waals surface area contributed by atoms with E-state index in [0.717, 1.165) is 0 Å². The van der Waals surface area contributed by atoms with E-state index in [1.54, 1.807) is 5.82 Å². The maximum absolute atomic E-state index is 2.64. The molecule has 0 aliphatic rings. The van der Waals surface area contributed by atoms with Gasteiger partial charge in [0.1, 0.15) is 12.4 Å². The van der Waals surface area contributed by atoms with Gasteiger partial charge in [0.25, 0.3) is 5.82 Å². The van der Waals surface area contributed by atoms with Crippen molar-refractivity contribution in [1.82, 2.24) is 4.57 Å². The third-order valence-electron chi connectivity index (χ3n) is 10.1. The van der Waals surface area contributed by atoms with Gasteiger partial charge in [-0.3, -0.25) is 0 Å². The van der Waals surface area contributed by atoms with Crippen LogP contribution in [0.4, 0.5) is 0 Å². The van der Waals surface area contributed by atoms with Crippen molar-refractivity contribution in [3.05, 3.63) is 18.2 Å². The lowest BCUT2D eigenvalue weighted by Gasteiger charge is -2.07. The number of hydrogen-bond acceptors (Lipinski definition) is 0. The third-order valence-corrected chi connectivity index (χ3v) is 10.1. The highest BCUT2D eigenvalue weighted by molar-refractivity contribution is 4.84. The molecule has 1 aromatic rings. The molecule has 0 aromatic carbocycles. The first-order valence-corrected chi connectivity index (χ1v) is 20.9. The molecule has 0 atom stereocenters. The summed E-state index contributed by atoms with van der Waals surface area (Å²) in [7, 11) is 0. The number of nitrogens with zero attached hydrogens (tertiary/aromatic N) is 2. The Morgan fingerprint density at radius 2 is 0.705 bits per heavy atom. The van der Waals surface area contributed by atoms with Crippen LogP contribution in [0.15, 0.2) is 12.4 Å². The second-order valence-electron chi connectivity index (χ2n) is 14.5. The molecule has 44 heavy (non-hydrogen) atoms. The molecule has 0 amide bonds. The number of imidazole rings is 1. The van der Waals surface area contributed by atoms with Gasteiger partial charge in [-0.1, -0.05) is 201 Å². The van der Waals surface area contributed by atoms with Crippen LogP contribution in [0.1, 0.15) is 238 Å². The van der Waals surface area contributed by atoms with Gasteiger partial charge in [-0.2, -0.15) is 0 Å². The van der Waals surface area contributed by atoms with Gasteiger partial charge < -0.3 is 0 Å². The predicted molar refractivity (Wildman–Crippen MR) is 198 cm³/mol. The smallest absolute Gasteiger partial charge is 0.234 e. The lowest BCUT2D eigenvalue weighted by molar-refractivity contribution is -0.704. The molecule has 0 N–H and O–H groups in total. The molecule has 0 saturated carbocycles. The van der Waals surface area contributed by atoms with Crippen LogP contribution >= 0.6 is 0 Å². The van der Waals surface area contributed by atoms with Crippen LogP contribution in [0.25, 0.3) is 0 Å². The summed E-state index contributed by atoms with van der Waals surface area (Å²) in [5, 5.41) is 0. The quantitative estimate of drug-likeness (QED) is 0.0524. The Hall–Kier alpha value is -0.790. The van der Waals surface area contributed by atoms with Crippen molar-refractivity contribution in [3.63, 3.8) is 0 Å². The van der Waals surface area contributed by atoms with Crippen molar-refractivity contribution >= 4 is 0 Å². The van der Waals surface area contributed by atoms with Gasteiger partial charge in [0.15, 0.2) is 0 Å². The van der Waals surface area contributed by atoms with E-state index < -0.39 is 0 Å². The van der Waals surface area contributed by atoms with Gasteiger partial charge in [-0.15, -0.1) is 0 Å². The fraction of sp³-hybridized carbons (Fsp3) is 0.929. The van der Waals surface area contributed by atoms with Crippen molar-refractivity contribution in [2.75, 3.05) is 0 Å². The first-order chi connectivity index (χ1) is 21.8. The molecule has 2 heteroatoms. The fourth-order valence-electron chi connectivity index (χ4n) is 7.03. The van der Waals surface area contributed by atoms with Crippen molar-refractivity contribution in [3.8, 4) is 0 Å². The van der Waals surface area contributed by atoms with E-state index >= 15 is 0 Å². The summed E-state index contributed by atoms with van der Waals surface area (Å²) >= 11 is 0. The zero-order chi connectivity index (χ0) is 31.6. The molecule has 0 aliphatic heterocycles. The zero-order valence-electron chi connectivity index (χ0n) is 31.0. The highest BCUT2D eigenvalue weighted by Gasteiger charge is 2.16. The highest BCUT2D eigenvalue weighted by Crippen LogP contribution is 2.16. The molecule has 0 aliphatic carbocycles. The minimum atomic E-state index is 1.23. The van der Waals surface area contributed by atoms with Crippen LogP contribution < -0.4 is 4.57 Å². The van der Waals surface area contributed by atoms with E-state index in [4.69, 9.17) is 0 Å². The van der Waals surface area contributed by atoms with Gasteiger partial charge in [0, 0.05) is 6.42 Å². The van der Waals surface area contributed by atoms with Crippen molar-refractivity contribution in [2.45, 2.75) is 252 Å². The molecule has 1 rings (SSSR count). The van der Waals surface area contributed by atoms with Crippen LogP contribution in [-0.2, 0) is 19.5 Å². The van der Waals surface area contributed by atoms with Crippen molar-refractivity contribution in [1.29, 1.82) is 0 Å². The van der Waals surface area contributed by atoms with E-state index in [9.17, 15) is 0 Å². The SMILES string of the molecule is CCCCCCCCCCCCCCCCc1n(CCCCCCCCCCCCCCC)cc[n+]1CCCCCCCC. The van der Waals surface area contributed by atoms with E-state index in [1.807, 2.05) is 0 Å². The largest absolute Gasteiger partial charge is 0.256 e. The average molecular weight is 616 g/mol. The number of aryl methyl sites for hydroxylation is 2. The first kappa shape index (κ1) is 41.2. The van der Waals surface area contributed by atoms with Crippen molar-refractivity contribution in [2.24, 2.45) is 0 Å². The number of rotatable bonds is 36. The summed E-state index contributed by atoms with van der Waals surface area (Å²) in [4.78, 5) is 0. The molecule has 0 unspecified atom stereocenters. The van der Waals surface area contributed by atoms with Crippen LogP contribution in [0.5, 0.6) is 0 Å². The molecule has 0 fully saturated rings. The Bertz CT molecular complexity index is 677. The van der Waals surface area contributed by atoms with E-state index in [2.05, 4.69) is 42.3 Å². The monoisotopic (exact) mass is 616 g/mol. The van der Waals surface area contributed by atoms with Crippen LogP contribution in [0.2, 0.25) is 0 Å². The van der Waals surface area contributed by atoms with E-state index in [-0.39, 0.29) is 0 Å². The number of unbranched alkanes of at least 4 members (excludes halogenated alkanes) is 30. The molecular formula is C42H83N2+. The van der Waals surface area contributed by atoms with Gasteiger partial charge in [0.2, 0.25) is 0 Å².